The fraction of sp³-hybridized carbons (Fsp3) is 0.417. The molecule has 0 heterocycles. The summed E-state index contributed by atoms with van der Waals surface area (Å²) in [6, 6.07) is 5.72. The van der Waals surface area contributed by atoms with Crippen molar-refractivity contribution in [1.82, 2.24) is 5.32 Å². The molecule has 0 saturated heterocycles. The second-order valence-electron chi connectivity index (χ2n) is 4.04. The van der Waals surface area contributed by atoms with E-state index >= 15 is 0 Å². The summed E-state index contributed by atoms with van der Waals surface area (Å²) in [4.78, 5) is 15.8. The molecule has 0 aliphatic rings. The van der Waals surface area contributed by atoms with Crippen molar-refractivity contribution < 1.29 is 18.9 Å². The van der Waals surface area contributed by atoms with Gasteiger partial charge < -0.3 is 10.1 Å². The van der Waals surface area contributed by atoms with Gasteiger partial charge in [-0.05, 0) is 31.0 Å². The van der Waals surface area contributed by atoms with Gasteiger partial charge in [0.25, 0.3) is 0 Å². The topological polar surface area (TPSA) is 82.8 Å². The number of carbonyl (C=O) groups excluding carboxylic acids is 1. The van der Waals surface area contributed by atoms with E-state index in [0.717, 1.165) is 22.5 Å². The van der Waals surface area contributed by atoms with Gasteiger partial charge in [-0.25, -0.2) is 0 Å². The first kappa shape index (κ1) is 15.8. The van der Waals surface area contributed by atoms with E-state index in [0.29, 0.717) is 12.2 Å². The number of ether oxygens (including phenoxy) is 1. The van der Waals surface area contributed by atoms with Crippen LogP contribution >= 0.6 is 12.0 Å². The minimum absolute atomic E-state index is 0.0459. The van der Waals surface area contributed by atoms with Crippen LogP contribution in [0.1, 0.15) is 19.4 Å². The molecule has 0 unspecified atom stereocenters. The van der Waals surface area contributed by atoms with Crippen LogP contribution in [-0.4, -0.2) is 19.1 Å². The molecule has 0 saturated carbocycles. The van der Waals surface area contributed by atoms with Gasteiger partial charge in [0.1, 0.15) is 5.75 Å². The van der Waals surface area contributed by atoms with E-state index in [2.05, 4.69) is 14.6 Å². The zero-order valence-corrected chi connectivity index (χ0v) is 12.0. The summed E-state index contributed by atoms with van der Waals surface area (Å²) in [6.07, 6.45) is 0.709. The SMILES string of the molecule is COc1ccc(C[C@@H](C)NC(C)=O)cc1SOON. The van der Waals surface area contributed by atoms with Crippen LogP contribution in [-0.2, 0) is 20.5 Å². The van der Waals surface area contributed by atoms with Crippen LogP contribution in [0, 0.1) is 0 Å². The molecule has 1 aromatic carbocycles. The third-order valence-corrected chi connectivity index (χ3v) is 3.03. The number of hydrogen-bond acceptors (Lipinski definition) is 6. The molecule has 1 atom stereocenters. The number of amides is 1. The molecule has 19 heavy (non-hydrogen) atoms. The summed E-state index contributed by atoms with van der Waals surface area (Å²) in [5, 5.41) is 2.83. The van der Waals surface area contributed by atoms with E-state index in [1.54, 1.807) is 7.11 Å². The zero-order chi connectivity index (χ0) is 14.3. The summed E-state index contributed by atoms with van der Waals surface area (Å²) < 4.78 is 9.83. The first-order valence-electron chi connectivity index (χ1n) is 5.71. The molecule has 1 amide bonds. The summed E-state index contributed by atoms with van der Waals surface area (Å²) in [5.74, 6) is 5.43. The standard InChI is InChI=1S/C12H18N2O4S/c1-8(14-9(2)15)6-10-4-5-11(16-3)12(7-10)19-18-17-13/h4-5,7-8H,6,13H2,1-3H3,(H,14,15)/t8-/m1/s1. The third-order valence-electron chi connectivity index (χ3n) is 2.38. The highest BCUT2D eigenvalue weighted by atomic mass is 32.2. The number of nitrogens with one attached hydrogen (secondary N) is 1. The monoisotopic (exact) mass is 286 g/mol. The lowest BCUT2D eigenvalue weighted by Crippen LogP contribution is -2.32. The average Bonchev–Trinajstić information content (AvgIpc) is 2.35. The molecule has 6 nitrogen and oxygen atoms in total. The highest BCUT2D eigenvalue weighted by Crippen LogP contribution is 2.31. The molecule has 0 bridgehead atoms. The Labute approximate surface area is 116 Å². The Balaban J connectivity index is 2.76. The molecule has 0 spiro atoms. The lowest BCUT2D eigenvalue weighted by molar-refractivity contribution is -0.195. The Kier molecular flexibility index (Phi) is 6.65. The van der Waals surface area contributed by atoms with Crippen molar-refractivity contribution in [1.29, 1.82) is 0 Å². The quantitative estimate of drug-likeness (QED) is 0.450. The Hall–Kier alpha value is -1.28. The van der Waals surface area contributed by atoms with Gasteiger partial charge in [0.05, 0.1) is 24.0 Å². The predicted octanol–water partition coefficient (Wildman–Crippen LogP) is 1.59. The number of rotatable bonds is 7. The van der Waals surface area contributed by atoms with Crippen molar-refractivity contribution >= 4 is 17.9 Å². The van der Waals surface area contributed by atoms with Crippen LogP contribution in [0.5, 0.6) is 5.75 Å². The van der Waals surface area contributed by atoms with Gasteiger partial charge >= 0.3 is 0 Å². The van der Waals surface area contributed by atoms with Gasteiger partial charge in [0.15, 0.2) is 0 Å². The Morgan fingerprint density at radius 2 is 2.26 bits per heavy atom. The van der Waals surface area contributed by atoms with E-state index in [1.165, 1.54) is 6.92 Å². The molecule has 0 aromatic heterocycles. The Morgan fingerprint density at radius 1 is 1.53 bits per heavy atom. The molecule has 7 heteroatoms. The van der Waals surface area contributed by atoms with E-state index in [9.17, 15) is 4.79 Å². The van der Waals surface area contributed by atoms with Gasteiger partial charge in [-0.3, -0.25) is 4.79 Å². The molecule has 0 aliphatic carbocycles. The smallest absolute Gasteiger partial charge is 0.217 e. The number of nitrogens with two attached hydrogens (primary N) is 1. The van der Waals surface area contributed by atoms with E-state index in [4.69, 9.17) is 10.6 Å². The lowest BCUT2D eigenvalue weighted by atomic mass is 10.1. The van der Waals surface area contributed by atoms with E-state index in [-0.39, 0.29) is 11.9 Å². The molecule has 1 aromatic rings. The van der Waals surface area contributed by atoms with E-state index < -0.39 is 0 Å². The molecule has 0 fully saturated rings. The van der Waals surface area contributed by atoms with Crippen LogP contribution in [0.2, 0.25) is 0 Å². The first-order valence-corrected chi connectivity index (χ1v) is 6.45. The molecular formula is C12H18N2O4S. The number of benzene rings is 1. The summed E-state index contributed by atoms with van der Waals surface area (Å²) >= 11 is 0.967. The average molecular weight is 286 g/mol. The first-order chi connectivity index (χ1) is 9.06. The van der Waals surface area contributed by atoms with E-state index in [1.807, 2.05) is 25.1 Å². The summed E-state index contributed by atoms with van der Waals surface area (Å²) in [5.41, 5.74) is 1.05. The van der Waals surface area contributed by atoms with Gasteiger partial charge in [-0.15, -0.1) is 9.32 Å². The van der Waals surface area contributed by atoms with Crippen LogP contribution in [0.4, 0.5) is 0 Å². The summed E-state index contributed by atoms with van der Waals surface area (Å²) in [6.45, 7) is 3.44. The Bertz CT molecular complexity index is 428. The van der Waals surface area contributed by atoms with Gasteiger partial charge in [-0.1, -0.05) is 6.07 Å². The van der Waals surface area contributed by atoms with Crippen molar-refractivity contribution in [2.75, 3.05) is 7.11 Å². The highest BCUT2D eigenvalue weighted by molar-refractivity contribution is 7.94. The maximum Gasteiger partial charge on any atom is 0.217 e. The van der Waals surface area contributed by atoms with Crippen LogP contribution in [0.25, 0.3) is 0 Å². The number of methoxy groups -OCH3 is 1. The minimum Gasteiger partial charge on any atom is -0.495 e. The predicted molar refractivity (Wildman–Crippen MR) is 72.2 cm³/mol. The van der Waals surface area contributed by atoms with Gasteiger partial charge in [0, 0.05) is 13.0 Å². The Morgan fingerprint density at radius 3 is 2.84 bits per heavy atom. The molecule has 0 aliphatic heterocycles. The number of hydrogen-bond donors (Lipinski definition) is 2. The molecular weight excluding hydrogens is 268 g/mol. The van der Waals surface area contributed by atoms with Crippen molar-refractivity contribution in [3.05, 3.63) is 23.8 Å². The third kappa shape index (κ3) is 5.48. The zero-order valence-electron chi connectivity index (χ0n) is 11.1. The lowest BCUT2D eigenvalue weighted by Gasteiger charge is -2.14. The maximum absolute atomic E-state index is 11.0. The molecule has 0 radical (unpaired) electrons. The fourth-order valence-electron chi connectivity index (χ4n) is 1.72. The summed E-state index contributed by atoms with van der Waals surface area (Å²) in [7, 11) is 1.57. The van der Waals surface area contributed by atoms with Gasteiger partial charge in [-0.2, -0.15) is 5.90 Å². The van der Waals surface area contributed by atoms with Crippen molar-refractivity contribution in [3.63, 3.8) is 0 Å². The second-order valence-corrected chi connectivity index (χ2v) is 4.78. The highest BCUT2D eigenvalue weighted by Gasteiger charge is 2.10. The molecule has 1 rings (SSSR count). The van der Waals surface area contributed by atoms with Crippen LogP contribution in [0.3, 0.4) is 0 Å². The largest absolute Gasteiger partial charge is 0.495 e. The number of carbonyl (C=O) groups is 1. The molecule has 3 N–H and O–H groups in total. The minimum atomic E-state index is -0.0459. The normalized spacial score (nSPS) is 12.0. The van der Waals surface area contributed by atoms with Crippen LogP contribution in [0.15, 0.2) is 23.1 Å². The van der Waals surface area contributed by atoms with Crippen molar-refractivity contribution in [2.45, 2.75) is 31.2 Å². The second kappa shape index (κ2) is 8.00. The van der Waals surface area contributed by atoms with Gasteiger partial charge in [0.2, 0.25) is 5.91 Å². The fourth-order valence-corrected chi connectivity index (χ4v) is 2.27. The van der Waals surface area contributed by atoms with Crippen LogP contribution < -0.4 is 16.0 Å². The maximum atomic E-state index is 11.0. The molecule has 106 valence electrons. The van der Waals surface area contributed by atoms with Crippen molar-refractivity contribution in [2.24, 2.45) is 5.90 Å². The van der Waals surface area contributed by atoms with Crippen molar-refractivity contribution in [3.8, 4) is 5.75 Å².